The SMILES string of the molecule is CCOC(=O)Nc1cccc(NC(=O)c2ccc(C)c(C)c2)c1C. The molecule has 2 aromatic rings. The number of aryl methyl sites for hydroxylation is 2. The van der Waals surface area contributed by atoms with Crippen molar-refractivity contribution < 1.29 is 14.3 Å². The van der Waals surface area contributed by atoms with E-state index in [2.05, 4.69) is 10.6 Å². The van der Waals surface area contributed by atoms with Crippen molar-refractivity contribution in [3.63, 3.8) is 0 Å². The Bertz CT molecular complexity index is 769. The lowest BCUT2D eigenvalue weighted by Gasteiger charge is -2.13. The molecule has 0 heterocycles. The third-order valence-corrected chi connectivity index (χ3v) is 3.86. The fourth-order valence-corrected chi connectivity index (χ4v) is 2.26. The molecule has 0 aliphatic carbocycles. The van der Waals surface area contributed by atoms with E-state index >= 15 is 0 Å². The lowest BCUT2D eigenvalue weighted by Crippen LogP contribution is -2.16. The number of rotatable bonds is 4. The molecule has 2 N–H and O–H groups in total. The molecule has 0 spiro atoms. The molecule has 24 heavy (non-hydrogen) atoms. The smallest absolute Gasteiger partial charge is 0.411 e. The van der Waals surface area contributed by atoms with Gasteiger partial charge >= 0.3 is 6.09 Å². The quantitative estimate of drug-likeness (QED) is 0.873. The van der Waals surface area contributed by atoms with Crippen LogP contribution in [0.1, 0.15) is 34.0 Å². The summed E-state index contributed by atoms with van der Waals surface area (Å²) >= 11 is 0. The lowest BCUT2D eigenvalue weighted by molar-refractivity contribution is 0.102. The van der Waals surface area contributed by atoms with Crippen LogP contribution in [0.3, 0.4) is 0 Å². The van der Waals surface area contributed by atoms with Gasteiger partial charge in [-0.25, -0.2) is 4.79 Å². The zero-order valence-corrected chi connectivity index (χ0v) is 14.4. The molecule has 0 atom stereocenters. The maximum Gasteiger partial charge on any atom is 0.411 e. The van der Waals surface area contributed by atoms with Crippen LogP contribution in [0.25, 0.3) is 0 Å². The van der Waals surface area contributed by atoms with Gasteiger partial charge in [-0.1, -0.05) is 12.1 Å². The Kier molecular flexibility index (Phi) is 5.58. The zero-order valence-electron chi connectivity index (χ0n) is 14.4. The number of benzene rings is 2. The number of carbonyl (C=O) groups excluding carboxylic acids is 2. The molecular formula is C19H22N2O3. The summed E-state index contributed by atoms with van der Waals surface area (Å²) in [4.78, 5) is 24.0. The molecule has 0 saturated carbocycles. The zero-order chi connectivity index (χ0) is 17.7. The number of hydrogen-bond donors (Lipinski definition) is 2. The Hall–Kier alpha value is -2.82. The van der Waals surface area contributed by atoms with Crippen LogP contribution < -0.4 is 10.6 Å². The fraction of sp³-hybridized carbons (Fsp3) is 0.263. The Morgan fingerprint density at radius 2 is 1.62 bits per heavy atom. The first-order valence-electron chi connectivity index (χ1n) is 7.84. The highest BCUT2D eigenvalue weighted by Crippen LogP contribution is 2.24. The highest BCUT2D eigenvalue weighted by molar-refractivity contribution is 6.05. The number of hydrogen-bond acceptors (Lipinski definition) is 3. The van der Waals surface area contributed by atoms with E-state index in [1.165, 1.54) is 0 Å². The van der Waals surface area contributed by atoms with Crippen LogP contribution >= 0.6 is 0 Å². The van der Waals surface area contributed by atoms with Crippen molar-refractivity contribution in [3.8, 4) is 0 Å². The van der Waals surface area contributed by atoms with Crippen LogP contribution in [0.5, 0.6) is 0 Å². The van der Waals surface area contributed by atoms with Gasteiger partial charge in [0.1, 0.15) is 0 Å². The van der Waals surface area contributed by atoms with Crippen LogP contribution in [0.2, 0.25) is 0 Å². The molecule has 0 aliphatic heterocycles. The van der Waals surface area contributed by atoms with Crippen molar-refractivity contribution in [2.24, 2.45) is 0 Å². The first-order chi connectivity index (χ1) is 11.4. The van der Waals surface area contributed by atoms with Crippen LogP contribution in [0, 0.1) is 20.8 Å². The van der Waals surface area contributed by atoms with Gasteiger partial charge in [0.15, 0.2) is 0 Å². The molecule has 5 heteroatoms. The molecule has 2 amide bonds. The second-order valence-corrected chi connectivity index (χ2v) is 5.58. The van der Waals surface area contributed by atoms with Gasteiger partial charge in [-0.2, -0.15) is 0 Å². The summed E-state index contributed by atoms with van der Waals surface area (Å²) in [7, 11) is 0. The molecule has 0 fully saturated rings. The number of anilines is 2. The molecule has 126 valence electrons. The molecule has 0 saturated heterocycles. The molecule has 5 nitrogen and oxygen atoms in total. The number of carbonyl (C=O) groups is 2. The highest BCUT2D eigenvalue weighted by Gasteiger charge is 2.12. The first kappa shape index (κ1) is 17.5. The van der Waals surface area contributed by atoms with Crippen LogP contribution in [-0.4, -0.2) is 18.6 Å². The van der Waals surface area contributed by atoms with E-state index in [0.29, 0.717) is 23.5 Å². The van der Waals surface area contributed by atoms with Gasteiger partial charge in [0, 0.05) is 16.9 Å². The second-order valence-electron chi connectivity index (χ2n) is 5.58. The predicted molar refractivity (Wildman–Crippen MR) is 95.7 cm³/mol. The minimum absolute atomic E-state index is 0.186. The molecule has 0 bridgehead atoms. The maximum absolute atomic E-state index is 12.4. The number of ether oxygens (including phenoxy) is 1. The molecular weight excluding hydrogens is 304 g/mol. The molecule has 0 radical (unpaired) electrons. The predicted octanol–water partition coefficient (Wildman–Crippen LogP) is 4.43. The Morgan fingerprint density at radius 1 is 0.958 bits per heavy atom. The molecule has 0 unspecified atom stereocenters. The standard InChI is InChI=1S/C19H22N2O3/c1-5-24-19(23)21-17-8-6-7-16(14(17)4)20-18(22)15-10-9-12(2)13(3)11-15/h6-11H,5H2,1-4H3,(H,20,22)(H,21,23). The average Bonchev–Trinajstić information content (AvgIpc) is 2.54. The lowest BCUT2D eigenvalue weighted by atomic mass is 10.1. The second kappa shape index (κ2) is 7.64. The average molecular weight is 326 g/mol. The van der Waals surface area contributed by atoms with Crippen molar-refractivity contribution >= 4 is 23.4 Å². The topological polar surface area (TPSA) is 67.4 Å². The minimum Gasteiger partial charge on any atom is -0.450 e. The van der Waals surface area contributed by atoms with E-state index in [9.17, 15) is 9.59 Å². The van der Waals surface area contributed by atoms with Crippen LogP contribution in [-0.2, 0) is 4.74 Å². The number of nitrogens with one attached hydrogen (secondary N) is 2. The van der Waals surface area contributed by atoms with Gasteiger partial charge in [-0.3, -0.25) is 10.1 Å². The highest BCUT2D eigenvalue weighted by atomic mass is 16.5. The molecule has 0 aliphatic rings. The van der Waals surface area contributed by atoms with Gasteiger partial charge in [-0.05, 0) is 68.7 Å². The van der Waals surface area contributed by atoms with E-state index in [1.807, 2.05) is 32.9 Å². The normalized spacial score (nSPS) is 10.2. The summed E-state index contributed by atoms with van der Waals surface area (Å²) in [6.45, 7) is 7.85. The largest absolute Gasteiger partial charge is 0.450 e. The summed E-state index contributed by atoms with van der Waals surface area (Å²) in [5, 5.41) is 5.56. The van der Waals surface area contributed by atoms with Crippen molar-refractivity contribution in [3.05, 3.63) is 58.7 Å². The fourth-order valence-electron chi connectivity index (χ4n) is 2.26. The van der Waals surface area contributed by atoms with E-state index in [1.54, 1.807) is 31.2 Å². The van der Waals surface area contributed by atoms with E-state index < -0.39 is 6.09 Å². The number of amides is 2. The summed E-state index contributed by atoms with van der Waals surface area (Å²) < 4.78 is 4.88. The third kappa shape index (κ3) is 4.13. The first-order valence-corrected chi connectivity index (χ1v) is 7.84. The van der Waals surface area contributed by atoms with Crippen molar-refractivity contribution in [2.45, 2.75) is 27.7 Å². The van der Waals surface area contributed by atoms with Crippen molar-refractivity contribution in [2.75, 3.05) is 17.2 Å². The molecule has 2 aromatic carbocycles. The van der Waals surface area contributed by atoms with Gasteiger partial charge in [-0.15, -0.1) is 0 Å². The molecule has 0 aromatic heterocycles. The van der Waals surface area contributed by atoms with E-state index in [-0.39, 0.29) is 5.91 Å². The summed E-state index contributed by atoms with van der Waals surface area (Å²) in [5.74, 6) is -0.186. The van der Waals surface area contributed by atoms with Crippen LogP contribution in [0.4, 0.5) is 16.2 Å². The van der Waals surface area contributed by atoms with Gasteiger partial charge in [0.05, 0.1) is 6.61 Å². The van der Waals surface area contributed by atoms with Gasteiger partial charge in [0.25, 0.3) is 5.91 Å². The Balaban J connectivity index is 2.18. The van der Waals surface area contributed by atoms with Crippen molar-refractivity contribution in [1.82, 2.24) is 0 Å². The van der Waals surface area contributed by atoms with E-state index in [0.717, 1.165) is 16.7 Å². The monoisotopic (exact) mass is 326 g/mol. The van der Waals surface area contributed by atoms with Gasteiger partial charge < -0.3 is 10.1 Å². The summed E-state index contributed by atoms with van der Waals surface area (Å²) in [6, 6.07) is 10.9. The van der Waals surface area contributed by atoms with Crippen LogP contribution in [0.15, 0.2) is 36.4 Å². The minimum atomic E-state index is -0.516. The Labute approximate surface area is 142 Å². The summed E-state index contributed by atoms with van der Waals surface area (Å²) in [6.07, 6.45) is -0.516. The Morgan fingerprint density at radius 3 is 2.25 bits per heavy atom. The maximum atomic E-state index is 12.4. The van der Waals surface area contributed by atoms with E-state index in [4.69, 9.17) is 4.74 Å². The third-order valence-electron chi connectivity index (χ3n) is 3.86. The summed E-state index contributed by atoms with van der Waals surface area (Å²) in [5.41, 5.74) is 4.82. The van der Waals surface area contributed by atoms with Gasteiger partial charge in [0.2, 0.25) is 0 Å². The molecule has 2 rings (SSSR count). The van der Waals surface area contributed by atoms with Crippen molar-refractivity contribution in [1.29, 1.82) is 0 Å².